The van der Waals surface area contributed by atoms with Crippen molar-refractivity contribution < 1.29 is 13.2 Å². The first-order chi connectivity index (χ1) is 15.8. The zero-order valence-electron chi connectivity index (χ0n) is 18.9. The maximum Gasteiger partial charge on any atom is 0.316 e. The van der Waals surface area contributed by atoms with Gasteiger partial charge in [0.1, 0.15) is 11.8 Å². The highest BCUT2D eigenvalue weighted by Gasteiger charge is 2.31. The van der Waals surface area contributed by atoms with E-state index in [0.717, 1.165) is 19.4 Å². The average Bonchev–Trinajstić information content (AvgIpc) is 2.81. The normalized spacial score (nSPS) is 20.2. The molecular weight excluding hydrogens is 466 g/mol. The predicted molar refractivity (Wildman–Crippen MR) is 129 cm³/mol. The molecule has 4 rings (SSSR count). The Kier molecular flexibility index (Phi) is 7.28. The number of hydrogen-bond acceptors (Lipinski definition) is 7. The van der Waals surface area contributed by atoms with Crippen LogP contribution in [0.15, 0.2) is 35.3 Å². The van der Waals surface area contributed by atoms with E-state index in [9.17, 15) is 13.2 Å². The smallest absolute Gasteiger partial charge is 0.316 e. The summed E-state index contributed by atoms with van der Waals surface area (Å²) < 4.78 is 34.1. The Labute approximate surface area is 199 Å². The van der Waals surface area contributed by atoms with Gasteiger partial charge in [0.05, 0.1) is 17.1 Å². The molecule has 0 aliphatic carbocycles. The first-order valence-corrected chi connectivity index (χ1v) is 13.1. The Hall–Kier alpha value is -2.14. The lowest BCUT2D eigenvalue weighted by Crippen LogP contribution is -2.51. The van der Waals surface area contributed by atoms with Crippen LogP contribution in [0.3, 0.4) is 0 Å². The average molecular weight is 496 g/mol. The maximum atomic E-state index is 13.5. The summed E-state index contributed by atoms with van der Waals surface area (Å²) in [5, 5.41) is 7.74. The van der Waals surface area contributed by atoms with Gasteiger partial charge in [0.2, 0.25) is 15.8 Å². The second kappa shape index (κ2) is 10.0. The van der Waals surface area contributed by atoms with E-state index in [0.29, 0.717) is 49.1 Å². The van der Waals surface area contributed by atoms with Crippen LogP contribution in [0, 0.1) is 0 Å². The first-order valence-electron chi connectivity index (χ1n) is 11.3. The quantitative estimate of drug-likeness (QED) is 0.653. The summed E-state index contributed by atoms with van der Waals surface area (Å²) in [4.78, 5) is 15.5. The Bertz CT molecular complexity index is 1140. The molecule has 0 amide bonds. The summed E-state index contributed by atoms with van der Waals surface area (Å²) in [6.45, 7) is 6.57. The molecule has 2 aromatic rings. The Morgan fingerprint density at radius 1 is 1.21 bits per heavy atom. The highest BCUT2D eigenvalue weighted by atomic mass is 35.5. The van der Waals surface area contributed by atoms with Crippen molar-refractivity contribution in [2.45, 2.75) is 38.0 Å². The van der Waals surface area contributed by atoms with E-state index in [4.69, 9.17) is 16.3 Å². The lowest BCUT2D eigenvalue weighted by molar-refractivity contribution is 0.164. The third-order valence-electron chi connectivity index (χ3n) is 6.04. The molecule has 0 bridgehead atoms. The van der Waals surface area contributed by atoms with Gasteiger partial charge in [-0.2, -0.15) is 14.1 Å². The predicted octanol–water partition coefficient (Wildman–Crippen LogP) is 1.88. The molecule has 1 aromatic carbocycles. The molecule has 2 fully saturated rings. The SMILES string of the molecule is CC(C)S(=O)(=O)N1CCN(c2cnn(-c3cccc(Cl)c3)c(=O)c2OC2CCCNC2)CC1. The molecule has 1 aromatic heterocycles. The molecule has 2 aliphatic heterocycles. The van der Waals surface area contributed by atoms with E-state index < -0.39 is 15.3 Å². The lowest BCUT2D eigenvalue weighted by Gasteiger charge is -2.37. The number of nitrogens with zero attached hydrogens (tertiary/aromatic N) is 4. The highest BCUT2D eigenvalue weighted by molar-refractivity contribution is 7.89. The van der Waals surface area contributed by atoms with Gasteiger partial charge in [-0.3, -0.25) is 4.79 Å². The summed E-state index contributed by atoms with van der Waals surface area (Å²) >= 11 is 6.12. The summed E-state index contributed by atoms with van der Waals surface area (Å²) in [6.07, 6.45) is 3.33. The van der Waals surface area contributed by atoms with Crippen LogP contribution in [0.1, 0.15) is 26.7 Å². The fourth-order valence-corrected chi connectivity index (χ4v) is 5.58. The van der Waals surface area contributed by atoms with Crippen molar-refractivity contribution in [3.8, 4) is 11.4 Å². The minimum Gasteiger partial charge on any atom is -0.482 e. The van der Waals surface area contributed by atoms with Gasteiger partial charge in [-0.15, -0.1) is 0 Å². The molecular formula is C22H30ClN5O4S. The number of hydrogen-bond donors (Lipinski definition) is 1. The van der Waals surface area contributed by atoms with Crippen molar-refractivity contribution in [2.24, 2.45) is 0 Å². The highest BCUT2D eigenvalue weighted by Crippen LogP contribution is 2.28. The fourth-order valence-electron chi connectivity index (χ4n) is 4.13. The number of sulfonamides is 1. The zero-order valence-corrected chi connectivity index (χ0v) is 20.5. The molecule has 0 spiro atoms. The van der Waals surface area contributed by atoms with Gasteiger partial charge >= 0.3 is 5.56 Å². The van der Waals surface area contributed by atoms with Crippen molar-refractivity contribution in [1.82, 2.24) is 19.4 Å². The monoisotopic (exact) mass is 495 g/mol. The van der Waals surface area contributed by atoms with Crippen LogP contribution in [0.4, 0.5) is 5.69 Å². The molecule has 33 heavy (non-hydrogen) atoms. The second-order valence-electron chi connectivity index (χ2n) is 8.62. The van der Waals surface area contributed by atoms with Crippen molar-refractivity contribution in [1.29, 1.82) is 0 Å². The Balaban J connectivity index is 1.66. The van der Waals surface area contributed by atoms with Crippen LogP contribution in [-0.4, -0.2) is 73.1 Å². The minimum absolute atomic E-state index is 0.122. The molecule has 3 heterocycles. The zero-order chi connectivity index (χ0) is 23.6. The van der Waals surface area contributed by atoms with Crippen LogP contribution in [0.25, 0.3) is 5.69 Å². The number of halogens is 1. The molecule has 11 heteroatoms. The molecule has 180 valence electrons. The van der Waals surface area contributed by atoms with E-state index in [-0.39, 0.29) is 17.4 Å². The van der Waals surface area contributed by atoms with Gasteiger partial charge in [-0.05, 0) is 51.4 Å². The second-order valence-corrected chi connectivity index (χ2v) is 11.5. The lowest BCUT2D eigenvalue weighted by atomic mass is 10.1. The van der Waals surface area contributed by atoms with Gasteiger partial charge in [-0.1, -0.05) is 17.7 Å². The molecule has 2 aliphatic rings. The molecule has 0 saturated carbocycles. The van der Waals surface area contributed by atoms with Gasteiger partial charge in [-0.25, -0.2) is 8.42 Å². The fraction of sp³-hybridized carbons (Fsp3) is 0.545. The molecule has 2 saturated heterocycles. The number of nitrogens with one attached hydrogen (secondary N) is 1. The summed E-state index contributed by atoms with van der Waals surface area (Å²) in [5.41, 5.74) is 0.779. The van der Waals surface area contributed by atoms with E-state index in [1.54, 1.807) is 44.3 Å². The van der Waals surface area contributed by atoms with Gasteiger partial charge < -0.3 is 15.0 Å². The summed E-state index contributed by atoms with van der Waals surface area (Å²) in [6, 6.07) is 6.94. The maximum absolute atomic E-state index is 13.5. The third kappa shape index (κ3) is 5.18. The minimum atomic E-state index is -3.32. The molecule has 9 nitrogen and oxygen atoms in total. The van der Waals surface area contributed by atoms with Crippen molar-refractivity contribution in [2.75, 3.05) is 44.2 Å². The van der Waals surface area contributed by atoms with Crippen LogP contribution < -0.4 is 20.5 Å². The van der Waals surface area contributed by atoms with Crippen LogP contribution >= 0.6 is 11.6 Å². The van der Waals surface area contributed by atoms with E-state index >= 15 is 0 Å². The summed E-state index contributed by atoms with van der Waals surface area (Å²) in [5.74, 6) is 0.235. The van der Waals surface area contributed by atoms with Crippen molar-refractivity contribution in [3.05, 3.63) is 45.8 Å². The van der Waals surface area contributed by atoms with E-state index in [1.807, 2.05) is 4.90 Å². The number of benzene rings is 1. The standard InChI is InChI=1S/C22H30ClN5O4S/c1-16(2)33(30,31)27-11-9-26(10-12-27)20-15-25-28(18-6-3-5-17(23)13-18)22(29)21(20)32-19-7-4-8-24-14-19/h3,5-6,13,15-16,19,24H,4,7-12,14H2,1-2H3. The van der Waals surface area contributed by atoms with Gasteiger partial charge in [0.25, 0.3) is 0 Å². The molecule has 1 N–H and O–H groups in total. The number of piperazine rings is 1. The number of rotatable bonds is 6. The van der Waals surface area contributed by atoms with Gasteiger partial charge in [0.15, 0.2) is 0 Å². The number of ether oxygens (including phenoxy) is 1. The summed E-state index contributed by atoms with van der Waals surface area (Å²) in [7, 11) is -3.32. The molecule has 1 atom stereocenters. The number of aromatic nitrogens is 2. The first kappa shape index (κ1) is 24.0. The number of anilines is 1. The van der Waals surface area contributed by atoms with Crippen molar-refractivity contribution in [3.63, 3.8) is 0 Å². The molecule has 1 unspecified atom stereocenters. The Morgan fingerprint density at radius 2 is 1.97 bits per heavy atom. The molecule has 0 radical (unpaired) electrons. The largest absolute Gasteiger partial charge is 0.482 e. The van der Waals surface area contributed by atoms with Crippen LogP contribution in [0.2, 0.25) is 5.02 Å². The third-order valence-corrected chi connectivity index (χ3v) is 8.55. The van der Waals surface area contributed by atoms with E-state index in [2.05, 4.69) is 10.4 Å². The topological polar surface area (TPSA) is 96.8 Å². The van der Waals surface area contributed by atoms with E-state index in [1.165, 1.54) is 8.99 Å². The number of piperidine rings is 1. The van der Waals surface area contributed by atoms with Crippen LogP contribution in [-0.2, 0) is 10.0 Å². The van der Waals surface area contributed by atoms with Gasteiger partial charge in [0, 0.05) is 37.7 Å². The Morgan fingerprint density at radius 3 is 2.61 bits per heavy atom. The van der Waals surface area contributed by atoms with Crippen LogP contribution in [0.5, 0.6) is 5.75 Å². The van der Waals surface area contributed by atoms with Crippen molar-refractivity contribution >= 4 is 27.3 Å².